The topological polar surface area (TPSA) is 105 Å². The summed E-state index contributed by atoms with van der Waals surface area (Å²) in [4.78, 5) is 22.9. The van der Waals surface area contributed by atoms with Gasteiger partial charge in [0.05, 0.1) is 4.92 Å². The zero-order valence-corrected chi connectivity index (χ0v) is 18.0. The average molecular weight is 496 g/mol. The van der Waals surface area contributed by atoms with Crippen molar-refractivity contribution in [2.75, 3.05) is 5.32 Å². The van der Waals surface area contributed by atoms with E-state index >= 15 is 0 Å². The van der Waals surface area contributed by atoms with Gasteiger partial charge in [0.1, 0.15) is 29.8 Å². The molecule has 0 atom stereocenters. The molecule has 0 fully saturated rings. The molecule has 3 rings (SSSR count). The number of nitro groups is 1. The van der Waals surface area contributed by atoms with Crippen LogP contribution >= 0.6 is 15.9 Å². The summed E-state index contributed by atoms with van der Waals surface area (Å²) in [6, 6.07) is 18.2. The van der Waals surface area contributed by atoms with E-state index in [9.17, 15) is 24.6 Å². The number of non-ortho nitro benzene ring substituents is 1. The summed E-state index contributed by atoms with van der Waals surface area (Å²) in [5, 5.41) is 22.9. The van der Waals surface area contributed by atoms with Crippen molar-refractivity contribution in [1.29, 1.82) is 5.26 Å². The highest BCUT2D eigenvalue weighted by Crippen LogP contribution is 2.27. The van der Waals surface area contributed by atoms with E-state index in [1.165, 1.54) is 42.5 Å². The number of nitrogens with zero attached hydrogens (tertiary/aromatic N) is 2. The Hall–Kier alpha value is -4.03. The molecule has 0 saturated carbocycles. The molecule has 9 heteroatoms. The number of halogens is 2. The number of carbonyl (C=O) groups excluding carboxylic acids is 1. The van der Waals surface area contributed by atoms with Crippen molar-refractivity contribution in [3.05, 3.63) is 104 Å². The number of nitriles is 1. The minimum absolute atomic E-state index is 0.157. The number of nitro benzene ring substituents is 1. The third-order valence-corrected chi connectivity index (χ3v) is 4.75. The highest BCUT2D eigenvalue weighted by molar-refractivity contribution is 9.10. The highest BCUT2D eigenvalue weighted by Gasteiger charge is 2.14. The fraction of sp³-hybridized carbons (Fsp3) is 0.0435. The monoisotopic (exact) mass is 495 g/mol. The van der Waals surface area contributed by atoms with Gasteiger partial charge in [0, 0.05) is 27.9 Å². The molecule has 0 aromatic heterocycles. The van der Waals surface area contributed by atoms with Gasteiger partial charge in [0.2, 0.25) is 0 Å². The van der Waals surface area contributed by atoms with E-state index in [4.69, 9.17) is 4.74 Å². The molecule has 0 radical (unpaired) electrons. The van der Waals surface area contributed by atoms with E-state index in [0.29, 0.717) is 15.8 Å². The average Bonchev–Trinajstić information content (AvgIpc) is 2.78. The molecule has 160 valence electrons. The first kappa shape index (κ1) is 22.7. The van der Waals surface area contributed by atoms with E-state index in [0.717, 1.165) is 5.56 Å². The summed E-state index contributed by atoms with van der Waals surface area (Å²) in [5.41, 5.74) is 0.989. The molecule has 0 heterocycles. The van der Waals surface area contributed by atoms with E-state index in [1.54, 1.807) is 30.3 Å². The molecule has 0 spiro atoms. The Balaban J connectivity index is 1.82. The van der Waals surface area contributed by atoms with Crippen LogP contribution in [0.3, 0.4) is 0 Å². The lowest BCUT2D eigenvalue weighted by atomic mass is 10.1. The predicted molar refractivity (Wildman–Crippen MR) is 120 cm³/mol. The van der Waals surface area contributed by atoms with Crippen molar-refractivity contribution in [1.82, 2.24) is 0 Å². The number of amides is 1. The maximum absolute atomic E-state index is 13.1. The normalized spacial score (nSPS) is 10.8. The minimum Gasteiger partial charge on any atom is -0.488 e. The highest BCUT2D eigenvalue weighted by atomic mass is 79.9. The molecular formula is C23H15BrFN3O4. The van der Waals surface area contributed by atoms with E-state index in [1.807, 2.05) is 6.07 Å². The van der Waals surface area contributed by atoms with Gasteiger partial charge in [-0.05, 0) is 48.0 Å². The molecule has 3 aromatic rings. The number of anilines is 1. The standard InChI is InChI=1S/C23H15BrFN3O4/c24-18-6-9-22(32-14-15-4-7-19(25)8-5-15)16(11-18)10-17(13-26)23(29)27-20-2-1-3-21(12-20)28(30)31/h1-12H,14H2,(H,27,29)/b17-10+. The SMILES string of the molecule is N#C/C(=C\c1cc(Br)ccc1OCc1ccc(F)cc1)C(=O)Nc1cccc([N+](=O)[O-])c1. The van der Waals surface area contributed by atoms with Crippen LogP contribution in [0.2, 0.25) is 0 Å². The van der Waals surface area contributed by atoms with E-state index in [-0.39, 0.29) is 29.4 Å². The Morgan fingerprint density at radius 1 is 1.19 bits per heavy atom. The second-order valence-electron chi connectivity index (χ2n) is 6.53. The Morgan fingerprint density at radius 2 is 1.94 bits per heavy atom. The van der Waals surface area contributed by atoms with Crippen LogP contribution in [0.1, 0.15) is 11.1 Å². The second-order valence-corrected chi connectivity index (χ2v) is 7.44. The van der Waals surface area contributed by atoms with Crippen LogP contribution < -0.4 is 10.1 Å². The number of hydrogen-bond donors (Lipinski definition) is 1. The smallest absolute Gasteiger partial charge is 0.271 e. The van der Waals surface area contributed by atoms with Crippen LogP contribution in [-0.4, -0.2) is 10.8 Å². The largest absolute Gasteiger partial charge is 0.488 e. The summed E-state index contributed by atoms with van der Waals surface area (Å²) in [6.07, 6.45) is 1.36. The van der Waals surface area contributed by atoms with Crippen LogP contribution in [0.5, 0.6) is 5.75 Å². The molecule has 0 bridgehead atoms. The zero-order chi connectivity index (χ0) is 23.1. The van der Waals surface area contributed by atoms with Crippen LogP contribution in [0, 0.1) is 27.3 Å². The van der Waals surface area contributed by atoms with Gasteiger partial charge >= 0.3 is 0 Å². The molecule has 32 heavy (non-hydrogen) atoms. The molecule has 3 aromatic carbocycles. The van der Waals surface area contributed by atoms with E-state index in [2.05, 4.69) is 21.2 Å². The Kier molecular flexibility index (Phi) is 7.31. The van der Waals surface area contributed by atoms with Gasteiger partial charge in [-0.15, -0.1) is 0 Å². The molecule has 7 nitrogen and oxygen atoms in total. The van der Waals surface area contributed by atoms with Gasteiger partial charge < -0.3 is 10.1 Å². The van der Waals surface area contributed by atoms with Gasteiger partial charge in [-0.2, -0.15) is 5.26 Å². The van der Waals surface area contributed by atoms with Crippen molar-refractivity contribution in [3.63, 3.8) is 0 Å². The summed E-state index contributed by atoms with van der Waals surface area (Å²) in [7, 11) is 0. The Labute approximate surface area is 191 Å². The van der Waals surface area contributed by atoms with Crippen molar-refractivity contribution in [2.45, 2.75) is 6.61 Å². The maximum Gasteiger partial charge on any atom is 0.271 e. The summed E-state index contributed by atoms with van der Waals surface area (Å²) in [5.74, 6) is -0.666. The molecular weight excluding hydrogens is 481 g/mol. The minimum atomic E-state index is -0.725. The van der Waals surface area contributed by atoms with Crippen LogP contribution in [0.25, 0.3) is 6.08 Å². The lowest BCUT2D eigenvalue weighted by Gasteiger charge is -2.11. The van der Waals surface area contributed by atoms with E-state index < -0.39 is 10.8 Å². The quantitative estimate of drug-likeness (QED) is 0.198. The fourth-order valence-electron chi connectivity index (χ4n) is 2.71. The van der Waals surface area contributed by atoms with Crippen LogP contribution in [0.15, 0.2) is 76.8 Å². The zero-order valence-electron chi connectivity index (χ0n) is 16.4. The number of benzene rings is 3. The van der Waals surface area contributed by atoms with Gasteiger partial charge in [0.25, 0.3) is 11.6 Å². The van der Waals surface area contributed by atoms with Gasteiger partial charge in [-0.1, -0.05) is 34.1 Å². The lowest BCUT2D eigenvalue weighted by Crippen LogP contribution is -2.13. The molecule has 0 unspecified atom stereocenters. The summed E-state index contributed by atoms with van der Waals surface area (Å²) >= 11 is 3.35. The Morgan fingerprint density at radius 3 is 2.62 bits per heavy atom. The number of rotatable bonds is 7. The molecule has 0 aliphatic carbocycles. The molecule has 0 saturated heterocycles. The number of ether oxygens (including phenoxy) is 1. The van der Waals surface area contributed by atoms with Crippen molar-refractivity contribution >= 4 is 39.3 Å². The first-order valence-electron chi connectivity index (χ1n) is 9.20. The van der Waals surface area contributed by atoms with Crippen molar-refractivity contribution < 1.29 is 18.8 Å². The van der Waals surface area contributed by atoms with Crippen molar-refractivity contribution in [3.8, 4) is 11.8 Å². The first-order chi connectivity index (χ1) is 15.4. The molecule has 0 aliphatic heterocycles. The third kappa shape index (κ3) is 6.00. The lowest BCUT2D eigenvalue weighted by molar-refractivity contribution is -0.384. The van der Waals surface area contributed by atoms with Crippen molar-refractivity contribution in [2.24, 2.45) is 0 Å². The molecule has 1 N–H and O–H groups in total. The fourth-order valence-corrected chi connectivity index (χ4v) is 3.08. The molecule has 0 aliphatic rings. The molecule has 1 amide bonds. The predicted octanol–water partition coefficient (Wildman–Crippen LogP) is 5.62. The number of carbonyl (C=O) groups is 1. The summed E-state index contributed by atoms with van der Waals surface area (Å²) < 4.78 is 19.6. The first-order valence-corrected chi connectivity index (χ1v) is 9.99. The number of nitrogens with one attached hydrogen (secondary N) is 1. The maximum atomic E-state index is 13.1. The second kappa shape index (κ2) is 10.3. The summed E-state index contributed by atoms with van der Waals surface area (Å²) in [6.45, 7) is 0.157. The van der Waals surface area contributed by atoms with Crippen LogP contribution in [0.4, 0.5) is 15.8 Å². The van der Waals surface area contributed by atoms with Gasteiger partial charge in [-0.3, -0.25) is 14.9 Å². The van der Waals surface area contributed by atoms with Gasteiger partial charge in [-0.25, -0.2) is 4.39 Å². The van der Waals surface area contributed by atoms with Crippen LogP contribution in [-0.2, 0) is 11.4 Å². The van der Waals surface area contributed by atoms with Gasteiger partial charge in [0.15, 0.2) is 0 Å². The number of hydrogen-bond acceptors (Lipinski definition) is 5. The third-order valence-electron chi connectivity index (χ3n) is 4.26. The Bertz CT molecular complexity index is 1240.